The van der Waals surface area contributed by atoms with Crippen LogP contribution in [0.4, 0.5) is 0 Å². The first kappa shape index (κ1) is 15.1. The average molecular weight is 288 g/mol. The highest BCUT2D eigenvalue weighted by Crippen LogP contribution is 2.15. The number of rotatable bonds is 6. The molecule has 0 bridgehead atoms. The molecule has 0 unspecified atom stereocenters. The summed E-state index contributed by atoms with van der Waals surface area (Å²) in [5.74, 6) is 0.833. The van der Waals surface area contributed by atoms with Crippen molar-refractivity contribution >= 4 is 0 Å². The Morgan fingerprint density at radius 2 is 1.81 bits per heavy atom. The van der Waals surface area contributed by atoms with E-state index in [0.29, 0.717) is 24.3 Å². The van der Waals surface area contributed by atoms with Gasteiger partial charge in [-0.25, -0.2) is 4.79 Å². The molecule has 5 heteroatoms. The van der Waals surface area contributed by atoms with Crippen LogP contribution in [0, 0.1) is 6.92 Å². The van der Waals surface area contributed by atoms with Gasteiger partial charge >= 0.3 is 5.69 Å². The molecule has 2 N–H and O–H groups in total. The van der Waals surface area contributed by atoms with Crippen LogP contribution in [-0.4, -0.2) is 16.6 Å². The van der Waals surface area contributed by atoms with E-state index in [1.165, 1.54) is 0 Å². The summed E-state index contributed by atoms with van der Waals surface area (Å²) in [5.41, 5.74) is 1.38. The van der Waals surface area contributed by atoms with Gasteiger partial charge in [-0.15, -0.1) is 0 Å². The second-order valence-corrected chi connectivity index (χ2v) is 5.03. The van der Waals surface area contributed by atoms with Crippen molar-refractivity contribution in [1.29, 1.82) is 0 Å². The van der Waals surface area contributed by atoms with Crippen molar-refractivity contribution in [2.24, 2.45) is 0 Å². The van der Waals surface area contributed by atoms with E-state index in [1.54, 1.807) is 6.92 Å². The lowest BCUT2D eigenvalue weighted by molar-refractivity contribution is 0.309. The molecule has 112 valence electrons. The molecule has 2 rings (SSSR count). The Bertz CT molecular complexity index is 699. The van der Waals surface area contributed by atoms with Crippen molar-refractivity contribution in [3.05, 3.63) is 61.9 Å². The van der Waals surface area contributed by atoms with Gasteiger partial charge in [-0.2, -0.15) is 0 Å². The van der Waals surface area contributed by atoms with Crippen molar-refractivity contribution in [2.45, 2.75) is 33.1 Å². The minimum Gasteiger partial charge on any atom is -0.494 e. The van der Waals surface area contributed by atoms with Gasteiger partial charge < -0.3 is 9.72 Å². The van der Waals surface area contributed by atoms with Gasteiger partial charge in [0.05, 0.1) is 6.61 Å². The number of aromatic nitrogens is 2. The first-order chi connectivity index (χ1) is 10.1. The number of H-pyrrole nitrogens is 2. The summed E-state index contributed by atoms with van der Waals surface area (Å²) in [7, 11) is 0. The molecule has 2 aromatic rings. The lowest BCUT2D eigenvalue weighted by Crippen LogP contribution is -2.27. The van der Waals surface area contributed by atoms with Crippen LogP contribution in [0.1, 0.15) is 36.6 Å². The Morgan fingerprint density at radius 3 is 2.43 bits per heavy atom. The largest absolute Gasteiger partial charge is 0.494 e. The van der Waals surface area contributed by atoms with Gasteiger partial charge in [0.1, 0.15) is 5.75 Å². The summed E-state index contributed by atoms with van der Waals surface area (Å²) < 4.78 is 5.60. The van der Waals surface area contributed by atoms with Gasteiger partial charge in [0.25, 0.3) is 5.56 Å². The van der Waals surface area contributed by atoms with Gasteiger partial charge in [0.2, 0.25) is 0 Å². The molecule has 0 saturated carbocycles. The van der Waals surface area contributed by atoms with E-state index in [2.05, 4.69) is 16.9 Å². The van der Waals surface area contributed by atoms with E-state index in [1.807, 2.05) is 24.3 Å². The van der Waals surface area contributed by atoms with Crippen molar-refractivity contribution in [1.82, 2.24) is 9.97 Å². The first-order valence-corrected chi connectivity index (χ1v) is 7.14. The summed E-state index contributed by atoms with van der Waals surface area (Å²) in [6.07, 6.45) is 2.62. The minimum atomic E-state index is -0.471. The molecule has 0 spiro atoms. The van der Waals surface area contributed by atoms with Gasteiger partial charge in [0, 0.05) is 17.7 Å². The maximum Gasteiger partial charge on any atom is 0.325 e. The van der Waals surface area contributed by atoms with Crippen LogP contribution in [0.25, 0.3) is 0 Å². The fourth-order valence-corrected chi connectivity index (χ4v) is 2.08. The normalized spacial score (nSPS) is 10.6. The molecular weight excluding hydrogens is 268 g/mol. The molecule has 1 aromatic heterocycles. The van der Waals surface area contributed by atoms with Gasteiger partial charge in [-0.1, -0.05) is 25.5 Å². The Kier molecular flexibility index (Phi) is 4.98. The number of ether oxygens (including phenoxy) is 1. The van der Waals surface area contributed by atoms with Crippen LogP contribution in [0.3, 0.4) is 0 Å². The van der Waals surface area contributed by atoms with Crippen LogP contribution in [0.15, 0.2) is 33.9 Å². The van der Waals surface area contributed by atoms with Crippen LogP contribution in [0.2, 0.25) is 0 Å². The fourth-order valence-electron chi connectivity index (χ4n) is 2.08. The molecule has 1 heterocycles. The van der Waals surface area contributed by atoms with E-state index in [0.717, 1.165) is 24.2 Å². The number of benzene rings is 1. The molecule has 0 amide bonds. The summed E-state index contributed by atoms with van der Waals surface area (Å²) in [5, 5.41) is 0. The van der Waals surface area contributed by atoms with Crippen molar-refractivity contribution in [3.63, 3.8) is 0 Å². The maximum absolute atomic E-state index is 11.8. The highest BCUT2D eigenvalue weighted by molar-refractivity contribution is 5.31. The van der Waals surface area contributed by atoms with Gasteiger partial charge in [-0.3, -0.25) is 9.78 Å². The van der Waals surface area contributed by atoms with Gasteiger partial charge in [0.15, 0.2) is 0 Å². The molecule has 0 aliphatic carbocycles. The monoisotopic (exact) mass is 288 g/mol. The third kappa shape index (κ3) is 4.08. The molecule has 0 fully saturated rings. The third-order valence-electron chi connectivity index (χ3n) is 3.33. The smallest absolute Gasteiger partial charge is 0.325 e. The number of aromatic amines is 2. The van der Waals surface area contributed by atoms with E-state index >= 15 is 0 Å². The number of unbranched alkanes of at least 4 members (excludes halogenated alkanes) is 1. The zero-order valence-electron chi connectivity index (χ0n) is 12.4. The second kappa shape index (κ2) is 6.92. The van der Waals surface area contributed by atoms with Crippen molar-refractivity contribution < 1.29 is 4.74 Å². The Balaban J connectivity index is 2.10. The number of hydrogen-bond donors (Lipinski definition) is 2. The Hall–Kier alpha value is -2.30. The predicted octanol–water partition coefficient (Wildman–Crippen LogP) is 2.14. The number of aryl methyl sites for hydroxylation is 1. The number of hydrogen-bond acceptors (Lipinski definition) is 3. The van der Waals surface area contributed by atoms with E-state index in [9.17, 15) is 9.59 Å². The van der Waals surface area contributed by atoms with E-state index in [-0.39, 0.29) is 5.56 Å². The lowest BCUT2D eigenvalue weighted by Gasteiger charge is -2.07. The zero-order valence-corrected chi connectivity index (χ0v) is 12.4. The molecule has 0 radical (unpaired) electrons. The van der Waals surface area contributed by atoms with Crippen molar-refractivity contribution in [3.8, 4) is 5.75 Å². The molecule has 0 aliphatic heterocycles. The highest BCUT2D eigenvalue weighted by atomic mass is 16.5. The highest BCUT2D eigenvalue weighted by Gasteiger charge is 2.07. The zero-order chi connectivity index (χ0) is 15.2. The average Bonchev–Trinajstić information content (AvgIpc) is 2.44. The van der Waals surface area contributed by atoms with Crippen LogP contribution in [0.5, 0.6) is 5.75 Å². The fraction of sp³-hybridized carbons (Fsp3) is 0.375. The molecule has 0 aliphatic rings. The summed E-state index contributed by atoms with van der Waals surface area (Å²) in [4.78, 5) is 27.8. The van der Waals surface area contributed by atoms with Crippen LogP contribution < -0.4 is 16.0 Å². The topological polar surface area (TPSA) is 75.0 Å². The third-order valence-corrected chi connectivity index (χ3v) is 3.33. The molecule has 0 atom stereocenters. The molecule has 5 nitrogen and oxygen atoms in total. The van der Waals surface area contributed by atoms with E-state index in [4.69, 9.17) is 4.74 Å². The number of nitrogens with one attached hydrogen (secondary N) is 2. The molecule has 21 heavy (non-hydrogen) atoms. The lowest BCUT2D eigenvalue weighted by atomic mass is 10.1. The molecule has 1 aromatic carbocycles. The predicted molar refractivity (Wildman–Crippen MR) is 82.1 cm³/mol. The minimum absolute atomic E-state index is 0.334. The quantitative estimate of drug-likeness (QED) is 0.800. The molecule has 0 saturated heterocycles. The summed E-state index contributed by atoms with van der Waals surface area (Å²) >= 11 is 0. The Morgan fingerprint density at radius 1 is 1.10 bits per heavy atom. The van der Waals surface area contributed by atoms with E-state index < -0.39 is 5.69 Å². The maximum atomic E-state index is 11.8. The standard InChI is InChI=1S/C16H20N2O3/c1-3-4-9-21-13-7-5-12(6-8-13)10-14-11(2)17-16(20)18-15(14)19/h5-8H,3-4,9-10H2,1-2H3,(H2,17,18,19,20). The first-order valence-electron chi connectivity index (χ1n) is 7.14. The van der Waals surface area contributed by atoms with Crippen molar-refractivity contribution in [2.75, 3.05) is 6.61 Å². The summed E-state index contributed by atoms with van der Waals surface area (Å²) in [6, 6.07) is 7.68. The van der Waals surface area contributed by atoms with Crippen LogP contribution in [-0.2, 0) is 6.42 Å². The Labute approximate surface area is 123 Å². The SMILES string of the molecule is CCCCOc1ccc(Cc2c(C)[nH]c(=O)[nH]c2=O)cc1. The second-order valence-electron chi connectivity index (χ2n) is 5.03. The van der Waals surface area contributed by atoms with Gasteiger partial charge in [-0.05, 0) is 31.0 Å². The molecular formula is C16H20N2O3. The summed E-state index contributed by atoms with van der Waals surface area (Å²) in [6.45, 7) is 4.57. The van der Waals surface area contributed by atoms with Crippen LogP contribution >= 0.6 is 0 Å².